The Bertz CT molecular complexity index is 205. The lowest BCUT2D eigenvalue weighted by Crippen LogP contribution is -2.37. The normalized spacial score (nSPS) is 15.2. The Balaban J connectivity index is 2.27. The van der Waals surface area contributed by atoms with Crippen LogP contribution >= 0.6 is 0 Å². The van der Waals surface area contributed by atoms with Crippen LogP contribution in [0, 0.1) is 17.2 Å². The van der Waals surface area contributed by atoms with E-state index >= 15 is 0 Å². The fraction of sp³-hybridized carbons (Fsp3) is 0.750. The highest BCUT2D eigenvalue weighted by atomic mass is 16.2. The van der Waals surface area contributed by atoms with Gasteiger partial charge in [0.25, 0.3) is 0 Å². The van der Waals surface area contributed by atoms with Gasteiger partial charge >= 0.3 is 6.03 Å². The van der Waals surface area contributed by atoms with E-state index in [0.717, 1.165) is 6.54 Å². The molecule has 0 aliphatic heterocycles. The van der Waals surface area contributed by atoms with Crippen molar-refractivity contribution in [2.45, 2.75) is 19.3 Å². The predicted octanol–water partition coefficient (Wildman–Crippen LogP) is 0.691. The van der Waals surface area contributed by atoms with Crippen molar-refractivity contribution in [3.63, 3.8) is 0 Å². The number of carbonyl (C=O) groups excluding carboxylic acids is 1. The Morgan fingerprint density at radius 2 is 2.33 bits per heavy atom. The van der Waals surface area contributed by atoms with E-state index in [9.17, 15) is 4.79 Å². The number of urea groups is 1. The first-order valence-corrected chi connectivity index (χ1v) is 4.15. The van der Waals surface area contributed by atoms with Gasteiger partial charge in [0.15, 0.2) is 0 Å². The molecule has 66 valence electrons. The summed E-state index contributed by atoms with van der Waals surface area (Å²) in [5.74, 6) is 0.635. The zero-order valence-corrected chi connectivity index (χ0v) is 6.99. The average Bonchev–Trinajstić information content (AvgIpc) is 2.80. The van der Waals surface area contributed by atoms with E-state index in [1.165, 1.54) is 12.8 Å². The van der Waals surface area contributed by atoms with Crippen LogP contribution in [0.2, 0.25) is 0 Å². The van der Waals surface area contributed by atoms with Crippen LogP contribution in [0.15, 0.2) is 0 Å². The molecule has 2 N–H and O–H groups in total. The van der Waals surface area contributed by atoms with Crippen molar-refractivity contribution in [3.05, 3.63) is 0 Å². The lowest BCUT2D eigenvalue weighted by atomic mass is 10.3. The third-order valence-electron chi connectivity index (χ3n) is 1.98. The monoisotopic (exact) mass is 167 g/mol. The van der Waals surface area contributed by atoms with Crippen molar-refractivity contribution in [3.8, 4) is 6.07 Å². The van der Waals surface area contributed by atoms with E-state index in [4.69, 9.17) is 11.0 Å². The standard InChI is InChI=1S/C8H13N3O/c9-4-1-5-11(8(10)12)6-7-2-3-7/h7H,1-3,5-6H2,(H2,10,12). The van der Waals surface area contributed by atoms with Crippen LogP contribution in [-0.2, 0) is 0 Å². The summed E-state index contributed by atoms with van der Waals surface area (Å²) in [4.78, 5) is 12.4. The van der Waals surface area contributed by atoms with E-state index in [0.29, 0.717) is 18.9 Å². The van der Waals surface area contributed by atoms with Crippen molar-refractivity contribution in [1.82, 2.24) is 4.90 Å². The highest BCUT2D eigenvalue weighted by Crippen LogP contribution is 2.29. The molecule has 0 aromatic rings. The van der Waals surface area contributed by atoms with Gasteiger partial charge in [-0.1, -0.05) is 0 Å². The number of nitrogens with two attached hydrogens (primary N) is 1. The molecule has 12 heavy (non-hydrogen) atoms. The lowest BCUT2D eigenvalue weighted by molar-refractivity contribution is 0.206. The molecule has 1 rings (SSSR count). The van der Waals surface area contributed by atoms with E-state index in [-0.39, 0.29) is 0 Å². The summed E-state index contributed by atoms with van der Waals surface area (Å²) in [5, 5.41) is 8.32. The summed E-state index contributed by atoms with van der Waals surface area (Å²) in [6, 6.07) is 1.59. The second-order valence-electron chi connectivity index (χ2n) is 3.14. The molecular weight excluding hydrogens is 154 g/mol. The third-order valence-corrected chi connectivity index (χ3v) is 1.98. The smallest absolute Gasteiger partial charge is 0.314 e. The Morgan fingerprint density at radius 1 is 1.67 bits per heavy atom. The van der Waals surface area contributed by atoms with Gasteiger partial charge in [0, 0.05) is 13.1 Å². The summed E-state index contributed by atoms with van der Waals surface area (Å²) < 4.78 is 0. The molecule has 0 bridgehead atoms. The van der Waals surface area contributed by atoms with Crippen LogP contribution < -0.4 is 5.73 Å². The first-order valence-electron chi connectivity index (χ1n) is 4.15. The zero-order chi connectivity index (χ0) is 8.97. The molecule has 0 radical (unpaired) electrons. The van der Waals surface area contributed by atoms with Gasteiger partial charge in [-0.05, 0) is 18.8 Å². The number of nitriles is 1. The molecular formula is C8H13N3O. The van der Waals surface area contributed by atoms with Gasteiger partial charge in [-0.15, -0.1) is 0 Å². The van der Waals surface area contributed by atoms with Crippen molar-refractivity contribution >= 4 is 6.03 Å². The van der Waals surface area contributed by atoms with E-state index in [1.54, 1.807) is 4.90 Å². The van der Waals surface area contributed by atoms with Crippen molar-refractivity contribution < 1.29 is 4.79 Å². The fourth-order valence-electron chi connectivity index (χ4n) is 1.09. The van der Waals surface area contributed by atoms with E-state index in [2.05, 4.69) is 0 Å². The third kappa shape index (κ3) is 2.79. The largest absolute Gasteiger partial charge is 0.351 e. The maximum atomic E-state index is 10.8. The van der Waals surface area contributed by atoms with Gasteiger partial charge < -0.3 is 10.6 Å². The molecule has 1 aliphatic rings. The number of amides is 2. The zero-order valence-electron chi connectivity index (χ0n) is 6.99. The molecule has 4 heteroatoms. The predicted molar refractivity (Wildman–Crippen MR) is 44.1 cm³/mol. The van der Waals surface area contributed by atoms with Crippen LogP contribution in [0.25, 0.3) is 0 Å². The molecule has 0 atom stereocenters. The Labute approximate surface area is 71.9 Å². The number of hydrogen-bond donors (Lipinski definition) is 1. The van der Waals surface area contributed by atoms with Gasteiger partial charge in [-0.3, -0.25) is 0 Å². The van der Waals surface area contributed by atoms with Crippen LogP contribution in [0.1, 0.15) is 19.3 Å². The SMILES string of the molecule is N#CCCN(CC1CC1)C(N)=O. The van der Waals surface area contributed by atoms with E-state index in [1.807, 2.05) is 6.07 Å². The van der Waals surface area contributed by atoms with Gasteiger partial charge in [0.1, 0.15) is 0 Å². The second-order valence-corrected chi connectivity index (χ2v) is 3.14. The molecule has 0 spiro atoms. The molecule has 1 fully saturated rings. The van der Waals surface area contributed by atoms with Gasteiger partial charge in [0.05, 0.1) is 12.5 Å². The van der Waals surface area contributed by atoms with Gasteiger partial charge in [-0.25, -0.2) is 4.79 Å². The minimum absolute atomic E-state index is 0.371. The molecule has 4 nitrogen and oxygen atoms in total. The van der Waals surface area contributed by atoms with Crippen molar-refractivity contribution in [2.24, 2.45) is 11.7 Å². The maximum Gasteiger partial charge on any atom is 0.314 e. The molecule has 0 aromatic carbocycles. The van der Waals surface area contributed by atoms with Crippen LogP contribution in [-0.4, -0.2) is 24.0 Å². The van der Waals surface area contributed by atoms with Crippen LogP contribution in [0.4, 0.5) is 4.79 Å². The Kier molecular flexibility index (Phi) is 2.92. The molecule has 0 unspecified atom stereocenters. The number of primary amides is 1. The molecule has 0 saturated heterocycles. The summed E-state index contributed by atoms with van der Waals surface area (Å²) in [6.45, 7) is 1.21. The Morgan fingerprint density at radius 3 is 2.75 bits per heavy atom. The first kappa shape index (κ1) is 8.85. The quantitative estimate of drug-likeness (QED) is 0.669. The summed E-state index contributed by atoms with van der Waals surface area (Å²) >= 11 is 0. The minimum Gasteiger partial charge on any atom is -0.351 e. The van der Waals surface area contributed by atoms with Gasteiger partial charge in [0.2, 0.25) is 0 Å². The van der Waals surface area contributed by atoms with E-state index < -0.39 is 6.03 Å². The lowest BCUT2D eigenvalue weighted by Gasteiger charge is -2.18. The van der Waals surface area contributed by atoms with Crippen molar-refractivity contribution in [2.75, 3.05) is 13.1 Å². The average molecular weight is 167 g/mol. The molecule has 1 saturated carbocycles. The maximum absolute atomic E-state index is 10.8. The number of nitrogens with zero attached hydrogens (tertiary/aromatic N) is 2. The molecule has 2 amide bonds. The highest BCUT2D eigenvalue weighted by molar-refractivity contribution is 5.72. The summed E-state index contributed by atoms with van der Waals surface area (Å²) in [6.07, 6.45) is 2.75. The Hall–Kier alpha value is -1.24. The summed E-state index contributed by atoms with van der Waals surface area (Å²) in [7, 11) is 0. The first-order chi connectivity index (χ1) is 5.74. The minimum atomic E-state index is -0.405. The van der Waals surface area contributed by atoms with Crippen LogP contribution in [0.5, 0.6) is 0 Å². The van der Waals surface area contributed by atoms with Crippen LogP contribution in [0.3, 0.4) is 0 Å². The number of hydrogen-bond acceptors (Lipinski definition) is 2. The topological polar surface area (TPSA) is 70.1 Å². The molecule has 1 aliphatic carbocycles. The molecule has 0 heterocycles. The highest BCUT2D eigenvalue weighted by Gasteiger charge is 2.25. The summed E-state index contributed by atoms with van der Waals surface area (Å²) in [5.41, 5.74) is 5.13. The molecule has 0 aromatic heterocycles. The number of carbonyl (C=O) groups is 1. The van der Waals surface area contributed by atoms with Gasteiger partial charge in [-0.2, -0.15) is 5.26 Å². The fourth-order valence-corrected chi connectivity index (χ4v) is 1.09. The number of rotatable bonds is 4. The van der Waals surface area contributed by atoms with Crippen molar-refractivity contribution in [1.29, 1.82) is 5.26 Å². The second kappa shape index (κ2) is 3.96.